The summed E-state index contributed by atoms with van der Waals surface area (Å²) in [4.78, 5) is 37.9. The molecule has 2 unspecified atom stereocenters. The van der Waals surface area contributed by atoms with Gasteiger partial charge >= 0.3 is 0 Å². The summed E-state index contributed by atoms with van der Waals surface area (Å²) < 4.78 is 7.14. The second-order valence-corrected chi connectivity index (χ2v) is 8.94. The molecule has 1 aromatic carbocycles. The number of anilines is 1. The summed E-state index contributed by atoms with van der Waals surface area (Å²) in [6, 6.07) is 8.73. The van der Waals surface area contributed by atoms with Crippen LogP contribution in [0.5, 0.6) is 0 Å². The predicted octanol–water partition coefficient (Wildman–Crippen LogP) is 2.79. The average Bonchev–Trinajstić information content (AvgIpc) is 3.49. The van der Waals surface area contributed by atoms with Crippen LogP contribution >= 0.6 is 0 Å². The first-order valence-corrected chi connectivity index (χ1v) is 11.1. The minimum atomic E-state index is -0.873. The van der Waals surface area contributed by atoms with Gasteiger partial charge in [-0.15, -0.1) is 10.2 Å². The Balaban J connectivity index is 1.62. The molecule has 186 valence electrons. The van der Waals surface area contributed by atoms with E-state index in [4.69, 9.17) is 20.5 Å². The summed E-state index contributed by atoms with van der Waals surface area (Å²) in [6.07, 6.45) is 1.28. The number of benzene rings is 1. The van der Waals surface area contributed by atoms with E-state index in [9.17, 15) is 9.59 Å². The number of nitrogens with one attached hydrogen (secondary N) is 1. The highest BCUT2D eigenvalue weighted by molar-refractivity contribution is 5.97. The second-order valence-electron chi connectivity index (χ2n) is 8.94. The first-order chi connectivity index (χ1) is 17.1. The number of aromatic nitrogens is 4. The van der Waals surface area contributed by atoms with Crippen molar-refractivity contribution in [2.75, 3.05) is 5.73 Å². The van der Waals surface area contributed by atoms with Crippen LogP contribution in [0.15, 0.2) is 62.5 Å². The first-order valence-electron chi connectivity index (χ1n) is 11.1. The molecule has 0 spiro atoms. The van der Waals surface area contributed by atoms with E-state index in [1.54, 1.807) is 13.8 Å². The zero-order valence-corrected chi connectivity index (χ0v) is 20.2. The molecule has 2 atom stereocenters. The fourth-order valence-electron chi connectivity index (χ4n) is 4.05. The fourth-order valence-corrected chi connectivity index (χ4v) is 4.05. The molecule has 2 aromatic heterocycles. The Morgan fingerprint density at radius 2 is 2.06 bits per heavy atom. The lowest BCUT2D eigenvalue weighted by molar-refractivity contribution is 0.0880. The molecule has 0 saturated heterocycles. The number of nitrogens with zero attached hydrogens (tertiary/aromatic N) is 7. The van der Waals surface area contributed by atoms with Gasteiger partial charge in [0.25, 0.3) is 11.4 Å². The van der Waals surface area contributed by atoms with Crippen LogP contribution < -0.4 is 16.6 Å². The Morgan fingerprint density at radius 1 is 1.33 bits per heavy atom. The lowest BCUT2D eigenvalue weighted by Gasteiger charge is -2.20. The van der Waals surface area contributed by atoms with Gasteiger partial charge in [-0.2, -0.15) is 0 Å². The Labute approximate surface area is 205 Å². The van der Waals surface area contributed by atoms with Gasteiger partial charge in [0.15, 0.2) is 0 Å². The van der Waals surface area contributed by atoms with E-state index in [2.05, 4.69) is 30.7 Å². The molecule has 36 heavy (non-hydrogen) atoms. The monoisotopic (exact) mass is 491 g/mol. The number of aryl methyl sites for hydroxylation is 1. The van der Waals surface area contributed by atoms with E-state index in [0.717, 1.165) is 5.56 Å². The molecule has 3 aromatic rings. The van der Waals surface area contributed by atoms with Crippen LogP contribution in [0, 0.1) is 12.8 Å². The van der Waals surface area contributed by atoms with Crippen LogP contribution in [-0.2, 0) is 16.8 Å². The Bertz CT molecular complexity index is 1440. The van der Waals surface area contributed by atoms with Crippen molar-refractivity contribution in [1.29, 1.82) is 0 Å². The lowest BCUT2D eigenvalue weighted by atomic mass is 9.85. The van der Waals surface area contributed by atoms with Crippen molar-refractivity contribution in [2.24, 2.45) is 11.2 Å². The topological polar surface area (TPSA) is 187 Å². The molecule has 13 nitrogen and oxygen atoms in total. The largest absolute Gasteiger partial charge is 0.417 e. The van der Waals surface area contributed by atoms with Crippen molar-refractivity contribution in [1.82, 2.24) is 25.1 Å². The van der Waals surface area contributed by atoms with Gasteiger partial charge in [-0.1, -0.05) is 37.3 Å². The van der Waals surface area contributed by atoms with Gasteiger partial charge in [-0.25, -0.2) is 4.98 Å². The second kappa shape index (κ2) is 9.55. The zero-order chi connectivity index (χ0) is 26.0. The van der Waals surface area contributed by atoms with Gasteiger partial charge in [0.1, 0.15) is 28.6 Å². The Kier molecular flexibility index (Phi) is 6.49. The van der Waals surface area contributed by atoms with Gasteiger partial charge in [-0.05, 0) is 31.9 Å². The van der Waals surface area contributed by atoms with Crippen LogP contribution in [0.2, 0.25) is 0 Å². The Morgan fingerprint density at radius 3 is 2.75 bits per heavy atom. The van der Waals surface area contributed by atoms with Crippen LogP contribution in [0.4, 0.5) is 5.69 Å². The van der Waals surface area contributed by atoms with Crippen molar-refractivity contribution < 1.29 is 14.0 Å². The SMILES string of the molecule is Cc1ncc(N)c(=O)n1CC1=C(ON=[N+]=[N-])C(C)C(C(=O)c2nnc(C(C)(C)c3ccccc3)o2)N1. The van der Waals surface area contributed by atoms with E-state index in [1.165, 1.54) is 10.8 Å². The number of azide groups is 1. The smallest absolute Gasteiger partial charge is 0.286 e. The summed E-state index contributed by atoms with van der Waals surface area (Å²) in [5.41, 5.74) is 14.7. The van der Waals surface area contributed by atoms with Crippen LogP contribution in [0.25, 0.3) is 10.4 Å². The molecule has 3 heterocycles. The molecule has 13 heteroatoms. The number of ketones is 1. The molecule has 0 fully saturated rings. The minimum absolute atomic E-state index is 0.0307. The van der Waals surface area contributed by atoms with Crippen molar-refractivity contribution in [3.8, 4) is 0 Å². The lowest BCUT2D eigenvalue weighted by Crippen LogP contribution is -2.38. The molecule has 0 bridgehead atoms. The zero-order valence-electron chi connectivity index (χ0n) is 20.2. The number of carbonyl (C=O) groups is 1. The molecule has 0 saturated carbocycles. The number of nitrogens with two attached hydrogens (primary N) is 1. The van der Waals surface area contributed by atoms with Crippen LogP contribution in [0.3, 0.4) is 0 Å². The highest BCUT2D eigenvalue weighted by atomic mass is 16.6. The predicted molar refractivity (Wildman–Crippen MR) is 128 cm³/mol. The van der Waals surface area contributed by atoms with Crippen molar-refractivity contribution >= 4 is 11.5 Å². The number of rotatable bonds is 8. The van der Waals surface area contributed by atoms with Crippen molar-refractivity contribution in [2.45, 2.75) is 45.7 Å². The molecular weight excluding hydrogens is 466 g/mol. The third-order valence-electron chi connectivity index (χ3n) is 6.25. The summed E-state index contributed by atoms with van der Waals surface area (Å²) in [5, 5.41) is 14.4. The summed E-state index contributed by atoms with van der Waals surface area (Å²) >= 11 is 0. The average molecular weight is 492 g/mol. The molecule has 0 aliphatic carbocycles. The molecule has 1 aliphatic heterocycles. The van der Waals surface area contributed by atoms with Crippen molar-refractivity contribution in [3.05, 3.63) is 92.0 Å². The number of carbonyl (C=O) groups excluding carboxylic acids is 1. The maximum atomic E-state index is 13.4. The maximum absolute atomic E-state index is 13.4. The van der Waals surface area contributed by atoms with Gasteiger partial charge in [0.2, 0.25) is 11.7 Å². The quantitative estimate of drug-likeness (QED) is 0.157. The van der Waals surface area contributed by atoms with E-state index >= 15 is 0 Å². The number of hydrogen-bond donors (Lipinski definition) is 2. The Hall–Kier alpha value is -4.64. The fraction of sp³-hybridized carbons (Fsp3) is 0.348. The van der Waals surface area contributed by atoms with E-state index < -0.39 is 28.7 Å². The number of nitrogen functional groups attached to an aromatic ring is 1. The molecular formula is C23H25N9O4. The van der Waals surface area contributed by atoms with E-state index in [1.807, 2.05) is 44.2 Å². The summed E-state index contributed by atoms with van der Waals surface area (Å²) in [5.74, 6) is -0.350. The third kappa shape index (κ3) is 4.39. The van der Waals surface area contributed by atoms with E-state index in [-0.39, 0.29) is 29.8 Å². The number of Topliss-reactive ketones (excluding diaryl/α,β-unsaturated/α-hetero) is 1. The molecule has 4 rings (SSSR count). The maximum Gasteiger partial charge on any atom is 0.286 e. The van der Waals surface area contributed by atoms with Gasteiger partial charge in [0, 0.05) is 10.8 Å². The summed E-state index contributed by atoms with van der Waals surface area (Å²) in [7, 11) is 0. The van der Waals surface area contributed by atoms with Crippen LogP contribution in [-0.4, -0.2) is 31.6 Å². The molecule has 0 radical (unpaired) electrons. The van der Waals surface area contributed by atoms with Gasteiger partial charge in [0.05, 0.1) is 23.9 Å². The highest BCUT2D eigenvalue weighted by Gasteiger charge is 2.41. The first kappa shape index (κ1) is 24.5. The minimum Gasteiger partial charge on any atom is -0.417 e. The third-order valence-corrected chi connectivity index (χ3v) is 6.25. The normalized spacial score (nSPS) is 17.4. The summed E-state index contributed by atoms with van der Waals surface area (Å²) in [6.45, 7) is 7.16. The van der Waals surface area contributed by atoms with Gasteiger partial charge in [-0.3, -0.25) is 14.2 Å². The molecule has 0 amide bonds. The highest BCUT2D eigenvalue weighted by Crippen LogP contribution is 2.32. The van der Waals surface area contributed by atoms with Crippen LogP contribution in [0.1, 0.15) is 48.7 Å². The van der Waals surface area contributed by atoms with E-state index in [0.29, 0.717) is 11.5 Å². The number of allylic oxidation sites excluding steroid dienone is 1. The standard InChI is InChI=1S/C23H25N9O4/c1-12-17(18(33)20-28-29-22(35-20)23(3,4)14-8-6-5-7-9-14)27-16(19(12)36-31-30-25)11-32-13(2)26-10-15(24)21(32)34/h5-10,12,17,27H,11,24H2,1-4H3. The van der Waals surface area contributed by atoms with Crippen molar-refractivity contribution in [3.63, 3.8) is 0 Å². The molecule has 3 N–H and O–H groups in total. The molecule has 1 aliphatic rings. The number of hydrogen-bond acceptors (Lipinski definition) is 10. The van der Waals surface area contributed by atoms with Gasteiger partial charge < -0.3 is 20.3 Å².